The van der Waals surface area contributed by atoms with Crippen molar-refractivity contribution in [3.63, 3.8) is 0 Å². The van der Waals surface area contributed by atoms with Gasteiger partial charge in [-0.05, 0) is 23.8 Å². The second-order valence-corrected chi connectivity index (χ2v) is 6.50. The lowest BCUT2D eigenvalue weighted by Gasteiger charge is -2.13. The summed E-state index contributed by atoms with van der Waals surface area (Å²) in [6.07, 6.45) is 0. The van der Waals surface area contributed by atoms with Crippen molar-refractivity contribution in [1.29, 1.82) is 0 Å². The summed E-state index contributed by atoms with van der Waals surface area (Å²) >= 11 is 0. The lowest BCUT2D eigenvalue weighted by Crippen LogP contribution is -2.33. The molecule has 0 saturated heterocycles. The van der Waals surface area contributed by atoms with E-state index in [1.807, 2.05) is 0 Å². The van der Waals surface area contributed by atoms with Crippen LogP contribution in [0.4, 0.5) is 8.78 Å². The first-order valence-electron chi connectivity index (χ1n) is 6.89. The number of rotatable bonds is 4. The van der Waals surface area contributed by atoms with Gasteiger partial charge in [-0.1, -0.05) is 18.2 Å². The molecule has 2 aromatic carbocycles. The first kappa shape index (κ1) is 15.6. The molecule has 1 aliphatic rings. The fraction of sp³-hybridized carbons (Fsp3) is 0.188. The zero-order chi connectivity index (χ0) is 16.4. The molecular formula is C16H13F2NO3S. The average molecular weight is 337 g/mol. The van der Waals surface area contributed by atoms with Crippen molar-refractivity contribution in [3.05, 3.63) is 59.7 Å². The number of halogens is 2. The van der Waals surface area contributed by atoms with Crippen molar-refractivity contribution in [2.45, 2.75) is 10.9 Å². The molecule has 0 aliphatic carbocycles. The van der Waals surface area contributed by atoms with Gasteiger partial charge in [0.25, 0.3) is 5.91 Å². The number of hydrogen-bond donors (Lipinski definition) is 1. The Bertz CT molecular complexity index is 782. The summed E-state index contributed by atoms with van der Waals surface area (Å²) < 4.78 is 43.4. The van der Waals surface area contributed by atoms with Crippen LogP contribution in [0.3, 0.4) is 0 Å². The average Bonchev–Trinajstić information content (AvgIpc) is 2.85. The van der Waals surface area contributed by atoms with Crippen LogP contribution >= 0.6 is 0 Å². The van der Waals surface area contributed by atoms with Crippen LogP contribution in [0.5, 0.6) is 5.75 Å². The first-order valence-corrected chi connectivity index (χ1v) is 8.21. The van der Waals surface area contributed by atoms with E-state index >= 15 is 0 Å². The van der Waals surface area contributed by atoms with E-state index in [-0.39, 0.29) is 11.8 Å². The molecule has 3 rings (SSSR count). The van der Waals surface area contributed by atoms with Crippen molar-refractivity contribution in [1.82, 2.24) is 5.32 Å². The monoisotopic (exact) mass is 337 g/mol. The molecule has 0 fully saturated rings. The zero-order valence-corrected chi connectivity index (χ0v) is 12.7. The summed E-state index contributed by atoms with van der Waals surface area (Å²) in [6, 6.07) is 9.55. The van der Waals surface area contributed by atoms with E-state index in [0.717, 1.165) is 23.8 Å². The van der Waals surface area contributed by atoms with Gasteiger partial charge in [0, 0.05) is 11.0 Å². The Hall–Kier alpha value is -2.28. The lowest BCUT2D eigenvalue weighted by atomic mass is 10.1. The molecule has 1 aliphatic heterocycles. The van der Waals surface area contributed by atoms with Gasteiger partial charge < -0.3 is 10.1 Å². The van der Waals surface area contributed by atoms with Crippen molar-refractivity contribution in [2.24, 2.45) is 0 Å². The van der Waals surface area contributed by atoms with E-state index in [1.54, 1.807) is 24.3 Å². The fourth-order valence-corrected chi connectivity index (χ4v) is 3.84. The minimum absolute atomic E-state index is 0.291. The number of benzene rings is 2. The Morgan fingerprint density at radius 1 is 1.26 bits per heavy atom. The molecule has 0 aromatic heterocycles. The number of hydrogen-bond acceptors (Lipinski definition) is 3. The highest BCUT2D eigenvalue weighted by Crippen LogP contribution is 2.30. The van der Waals surface area contributed by atoms with Gasteiger partial charge in [-0.3, -0.25) is 9.00 Å². The van der Waals surface area contributed by atoms with Crippen LogP contribution in [0.1, 0.15) is 11.6 Å². The number of fused-ring (bicyclic) bond motifs is 1. The largest absolute Gasteiger partial charge is 0.481 e. The summed E-state index contributed by atoms with van der Waals surface area (Å²) in [7, 11) is -1.16. The predicted molar refractivity (Wildman–Crippen MR) is 80.5 cm³/mol. The zero-order valence-electron chi connectivity index (χ0n) is 11.9. The standard InChI is InChI=1S/C16H13F2NO3S/c17-10-5-6-12(18)14(7-10)22-8-16(20)19-13-9-23(21)15-4-2-1-3-11(13)15/h1-7,13H,8-9H2,(H,19,20). The van der Waals surface area contributed by atoms with E-state index in [1.165, 1.54) is 0 Å². The Kier molecular flexibility index (Phi) is 4.38. The number of carbonyl (C=O) groups is 1. The van der Waals surface area contributed by atoms with Crippen LogP contribution in [-0.2, 0) is 15.6 Å². The van der Waals surface area contributed by atoms with E-state index in [0.29, 0.717) is 10.6 Å². The van der Waals surface area contributed by atoms with Gasteiger partial charge in [-0.2, -0.15) is 0 Å². The molecule has 4 nitrogen and oxygen atoms in total. The molecule has 1 heterocycles. The van der Waals surface area contributed by atoms with Crippen molar-refractivity contribution < 1.29 is 22.5 Å². The van der Waals surface area contributed by atoms with Crippen molar-refractivity contribution >= 4 is 16.7 Å². The third kappa shape index (κ3) is 3.39. The van der Waals surface area contributed by atoms with Crippen LogP contribution in [0.2, 0.25) is 0 Å². The van der Waals surface area contributed by atoms with Gasteiger partial charge in [0.15, 0.2) is 18.2 Å². The molecule has 0 saturated carbocycles. The molecule has 0 spiro atoms. The van der Waals surface area contributed by atoms with Gasteiger partial charge in [0.05, 0.1) is 22.6 Å². The number of ether oxygens (including phenoxy) is 1. The van der Waals surface area contributed by atoms with Crippen molar-refractivity contribution in [2.75, 3.05) is 12.4 Å². The molecule has 23 heavy (non-hydrogen) atoms. The normalized spacial score (nSPS) is 19.2. The predicted octanol–water partition coefficient (Wildman–Crippen LogP) is 2.32. The summed E-state index contributed by atoms with van der Waals surface area (Å²) in [5.74, 6) is -1.92. The first-order chi connectivity index (χ1) is 11.0. The maximum absolute atomic E-state index is 13.4. The summed E-state index contributed by atoms with van der Waals surface area (Å²) in [4.78, 5) is 12.6. The number of carbonyl (C=O) groups excluding carboxylic acids is 1. The van der Waals surface area contributed by atoms with E-state index in [4.69, 9.17) is 4.74 Å². The summed E-state index contributed by atoms with van der Waals surface area (Å²) in [6.45, 7) is -0.453. The van der Waals surface area contributed by atoms with Crippen LogP contribution in [0, 0.1) is 11.6 Å². The van der Waals surface area contributed by atoms with E-state index in [2.05, 4.69) is 5.32 Å². The Morgan fingerprint density at radius 3 is 2.87 bits per heavy atom. The van der Waals surface area contributed by atoms with Crippen molar-refractivity contribution in [3.8, 4) is 5.75 Å². The second-order valence-electron chi connectivity index (χ2n) is 5.03. The SMILES string of the molecule is O=C(COc1cc(F)ccc1F)NC1CS(=O)c2ccccc21. The molecule has 0 bridgehead atoms. The fourth-order valence-electron chi connectivity index (χ4n) is 2.39. The topological polar surface area (TPSA) is 55.4 Å². The van der Waals surface area contributed by atoms with E-state index < -0.39 is 34.9 Å². The van der Waals surface area contributed by atoms with Gasteiger partial charge in [-0.25, -0.2) is 8.78 Å². The molecule has 2 aromatic rings. The van der Waals surface area contributed by atoms with Gasteiger partial charge in [-0.15, -0.1) is 0 Å². The Morgan fingerprint density at radius 2 is 2.04 bits per heavy atom. The smallest absolute Gasteiger partial charge is 0.258 e. The molecule has 1 N–H and O–H groups in total. The molecule has 7 heteroatoms. The maximum atomic E-state index is 13.4. The maximum Gasteiger partial charge on any atom is 0.258 e. The van der Waals surface area contributed by atoms with E-state index in [9.17, 15) is 17.8 Å². The molecule has 2 atom stereocenters. The van der Waals surface area contributed by atoms with Gasteiger partial charge in [0.1, 0.15) is 5.82 Å². The second kappa shape index (κ2) is 6.45. The van der Waals surface area contributed by atoms with Gasteiger partial charge in [0.2, 0.25) is 0 Å². The lowest BCUT2D eigenvalue weighted by molar-refractivity contribution is -0.123. The highest BCUT2D eigenvalue weighted by atomic mass is 32.2. The van der Waals surface area contributed by atoms with Crippen LogP contribution < -0.4 is 10.1 Å². The molecule has 120 valence electrons. The van der Waals surface area contributed by atoms with Crippen LogP contribution in [-0.4, -0.2) is 22.5 Å². The third-order valence-electron chi connectivity index (χ3n) is 3.44. The molecular weight excluding hydrogens is 324 g/mol. The molecule has 2 unspecified atom stereocenters. The minimum Gasteiger partial charge on any atom is -0.481 e. The Balaban J connectivity index is 1.62. The minimum atomic E-state index is -1.16. The Labute approximate surface area is 133 Å². The quantitative estimate of drug-likeness (QED) is 0.932. The number of amides is 1. The molecule has 1 amide bonds. The number of nitrogens with one attached hydrogen (secondary N) is 1. The summed E-state index contributed by atoms with van der Waals surface area (Å²) in [5, 5.41) is 2.70. The van der Waals surface area contributed by atoms with Crippen LogP contribution in [0.15, 0.2) is 47.4 Å². The highest BCUT2D eigenvalue weighted by molar-refractivity contribution is 7.85. The van der Waals surface area contributed by atoms with Gasteiger partial charge >= 0.3 is 0 Å². The van der Waals surface area contributed by atoms with Crippen LogP contribution in [0.25, 0.3) is 0 Å². The highest BCUT2D eigenvalue weighted by Gasteiger charge is 2.29. The third-order valence-corrected chi connectivity index (χ3v) is 4.94. The summed E-state index contributed by atoms with van der Waals surface area (Å²) in [5.41, 5.74) is 0.802. The molecule has 0 radical (unpaired) electrons.